The Morgan fingerprint density at radius 3 is 2.32 bits per heavy atom. The summed E-state index contributed by atoms with van der Waals surface area (Å²) in [5.74, 6) is -0.435. The topological polar surface area (TPSA) is 103 Å². The van der Waals surface area contributed by atoms with E-state index < -0.39 is 18.0 Å². The third-order valence-corrected chi connectivity index (χ3v) is 3.32. The van der Waals surface area contributed by atoms with Gasteiger partial charge in [-0.3, -0.25) is 0 Å². The molecule has 0 saturated carbocycles. The minimum atomic E-state index is -0.508. The first-order valence-electron chi connectivity index (χ1n) is 7.89. The van der Waals surface area contributed by atoms with Crippen LogP contribution in [0, 0.1) is 0 Å². The van der Waals surface area contributed by atoms with Crippen LogP contribution in [0.2, 0.25) is 0 Å². The summed E-state index contributed by atoms with van der Waals surface area (Å²) in [6, 6.07) is 5.97. The van der Waals surface area contributed by atoms with Gasteiger partial charge in [0.25, 0.3) is 0 Å². The highest BCUT2D eigenvalue weighted by atomic mass is 16.5. The minimum Gasteiger partial charge on any atom is -0.487 e. The van der Waals surface area contributed by atoms with Crippen molar-refractivity contribution in [2.45, 2.75) is 13.8 Å². The molecule has 2 rings (SSSR count). The van der Waals surface area contributed by atoms with E-state index in [1.54, 1.807) is 38.1 Å². The fourth-order valence-electron chi connectivity index (χ4n) is 2.13. The van der Waals surface area contributed by atoms with E-state index in [1.165, 1.54) is 0 Å². The Balaban J connectivity index is 2.05. The minimum absolute atomic E-state index is 0.0136. The number of ether oxygens (including phenoxy) is 3. The van der Waals surface area contributed by atoms with Crippen molar-refractivity contribution in [2.75, 3.05) is 26.4 Å². The van der Waals surface area contributed by atoms with Crippen molar-refractivity contribution in [1.82, 2.24) is 10.6 Å². The number of amides is 2. The van der Waals surface area contributed by atoms with Crippen molar-refractivity contribution < 1.29 is 28.6 Å². The molecule has 2 N–H and O–H groups in total. The molecule has 0 fully saturated rings. The van der Waals surface area contributed by atoms with Gasteiger partial charge in [-0.2, -0.15) is 0 Å². The van der Waals surface area contributed by atoms with Crippen LogP contribution in [0.25, 0.3) is 0 Å². The van der Waals surface area contributed by atoms with E-state index >= 15 is 0 Å². The lowest BCUT2D eigenvalue weighted by Gasteiger charge is -2.21. The molecule has 0 spiro atoms. The molecule has 8 nitrogen and oxygen atoms in total. The van der Waals surface area contributed by atoms with Gasteiger partial charge in [-0.05, 0) is 38.1 Å². The van der Waals surface area contributed by atoms with Crippen LogP contribution in [0.15, 0.2) is 35.5 Å². The van der Waals surface area contributed by atoms with Crippen molar-refractivity contribution in [3.8, 4) is 5.75 Å². The highest BCUT2D eigenvalue weighted by Gasteiger charge is 2.24. The molecule has 0 atom stereocenters. The van der Waals surface area contributed by atoms with Gasteiger partial charge in [-0.1, -0.05) is 0 Å². The lowest BCUT2D eigenvalue weighted by atomic mass is 10.1. The molecule has 0 unspecified atom stereocenters. The first kappa shape index (κ1) is 18.3. The molecule has 0 saturated heterocycles. The van der Waals surface area contributed by atoms with Crippen LogP contribution in [0.5, 0.6) is 5.75 Å². The van der Waals surface area contributed by atoms with Gasteiger partial charge in [0.15, 0.2) is 0 Å². The Bertz CT molecular complexity index is 681. The summed E-state index contributed by atoms with van der Waals surface area (Å²) in [7, 11) is 0. The van der Waals surface area contributed by atoms with Crippen molar-refractivity contribution in [2.24, 2.45) is 0 Å². The van der Waals surface area contributed by atoms with E-state index in [4.69, 9.17) is 14.2 Å². The Morgan fingerprint density at radius 1 is 1.04 bits per heavy atom. The predicted octanol–water partition coefficient (Wildman–Crippen LogP) is 1.37. The lowest BCUT2D eigenvalue weighted by molar-refractivity contribution is -0.138. The van der Waals surface area contributed by atoms with E-state index in [0.29, 0.717) is 29.2 Å². The molecule has 1 heterocycles. The largest absolute Gasteiger partial charge is 0.487 e. The second kappa shape index (κ2) is 8.72. The van der Waals surface area contributed by atoms with E-state index in [9.17, 15) is 14.4 Å². The quantitative estimate of drug-likeness (QED) is 0.722. The Hall–Kier alpha value is -3.03. The number of hydrogen-bond donors (Lipinski definition) is 2. The van der Waals surface area contributed by atoms with Crippen molar-refractivity contribution in [3.63, 3.8) is 0 Å². The lowest BCUT2D eigenvalue weighted by Crippen LogP contribution is -2.45. The molecule has 1 aliphatic rings. The standard InChI is InChI=1S/C17H20N2O6/c1-3-23-15(20)11-5-7-12(8-6-11)25-10-14-13(16(21)24-4-2)9-18-17(22)19-14/h5-8H,3-4,9-10H2,1-2H3,(H2,18,19,22). The average Bonchev–Trinajstić information content (AvgIpc) is 2.61. The zero-order chi connectivity index (χ0) is 18.2. The summed E-state index contributed by atoms with van der Waals surface area (Å²) in [4.78, 5) is 35.0. The SMILES string of the molecule is CCOC(=O)C1=C(COc2ccc(C(=O)OCC)cc2)NC(=O)NC1. The third-order valence-electron chi connectivity index (χ3n) is 3.32. The third kappa shape index (κ3) is 4.97. The maximum Gasteiger partial charge on any atom is 0.338 e. The van der Waals surface area contributed by atoms with Gasteiger partial charge in [0, 0.05) is 0 Å². The molecule has 0 bridgehead atoms. The summed E-state index contributed by atoms with van der Waals surface area (Å²) in [5, 5.41) is 5.07. The number of hydrogen-bond acceptors (Lipinski definition) is 6. The van der Waals surface area contributed by atoms with E-state index in [2.05, 4.69) is 10.6 Å². The molecule has 134 valence electrons. The van der Waals surface area contributed by atoms with Crippen LogP contribution in [-0.2, 0) is 14.3 Å². The monoisotopic (exact) mass is 348 g/mol. The molecule has 0 aromatic heterocycles. The van der Waals surface area contributed by atoms with E-state index in [-0.39, 0.29) is 19.8 Å². The maximum absolute atomic E-state index is 11.9. The van der Waals surface area contributed by atoms with Gasteiger partial charge in [0.1, 0.15) is 12.4 Å². The van der Waals surface area contributed by atoms with Crippen molar-refractivity contribution >= 4 is 18.0 Å². The normalized spacial score (nSPS) is 13.6. The van der Waals surface area contributed by atoms with Crippen LogP contribution in [0.3, 0.4) is 0 Å². The molecular formula is C17H20N2O6. The highest BCUT2D eigenvalue weighted by molar-refractivity contribution is 5.93. The molecule has 1 aromatic carbocycles. The first-order valence-corrected chi connectivity index (χ1v) is 7.89. The van der Waals surface area contributed by atoms with Crippen molar-refractivity contribution in [1.29, 1.82) is 0 Å². The predicted molar refractivity (Wildman–Crippen MR) is 88.1 cm³/mol. The van der Waals surface area contributed by atoms with Gasteiger partial charge >= 0.3 is 18.0 Å². The molecular weight excluding hydrogens is 328 g/mol. The summed E-state index contributed by atoms with van der Waals surface area (Å²) in [5.41, 5.74) is 1.07. The number of rotatable bonds is 7. The zero-order valence-electron chi connectivity index (χ0n) is 14.1. The average molecular weight is 348 g/mol. The van der Waals surface area contributed by atoms with Crippen LogP contribution in [0.4, 0.5) is 4.79 Å². The van der Waals surface area contributed by atoms with Crippen LogP contribution in [-0.4, -0.2) is 44.3 Å². The number of carbonyl (C=O) groups is 3. The van der Waals surface area contributed by atoms with E-state index in [0.717, 1.165) is 0 Å². The van der Waals surface area contributed by atoms with Gasteiger partial charge in [0.05, 0.1) is 36.6 Å². The zero-order valence-corrected chi connectivity index (χ0v) is 14.1. The van der Waals surface area contributed by atoms with Crippen LogP contribution >= 0.6 is 0 Å². The van der Waals surface area contributed by atoms with Crippen molar-refractivity contribution in [3.05, 3.63) is 41.1 Å². The first-order chi connectivity index (χ1) is 12.0. The number of urea groups is 1. The number of carbonyl (C=O) groups excluding carboxylic acids is 3. The molecule has 0 radical (unpaired) electrons. The number of benzene rings is 1. The van der Waals surface area contributed by atoms with Gasteiger partial charge < -0.3 is 24.8 Å². The van der Waals surface area contributed by atoms with Gasteiger partial charge in [-0.25, -0.2) is 14.4 Å². The van der Waals surface area contributed by atoms with E-state index in [1.807, 2.05) is 0 Å². The maximum atomic E-state index is 11.9. The summed E-state index contributed by atoms with van der Waals surface area (Å²) >= 11 is 0. The second-order valence-electron chi connectivity index (χ2n) is 5.02. The fraction of sp³-hybridized carbons (Fsp3) is 0.353. The Kier molecular flexibility index (Phi) is 6.39. The van der Waals surface area contributed by atoms with Crippen LogP contribution < -0.4 is 15.4 Å². The van der Waals surface area contributed by atoms with Crippen LogP contribution in [0.1, 0.15) is 24.2 Å². The second-order valence-corrected chi connectivity index (χ2v) is 5.02. The Labute approximate surface area is 145 Å². The summed E-state index contributed by atoms with van der Waals surface area (Å²) in [6.45, 7) is 4.03. The smallest absolute Gasteiger partial charge is 0.338 e. The molecule has 0 aliphatic carbocycles. The van der Waals surface area contributed by atoms with Gasteiger partial charge in [0.2, 0.25) is 0 Å². The number of esters is 2. The summed E-state index contributed by atoms with van der Waals surface area (Å²) < 4.78 is 15.5. The summed E-state index contributed by atoms with van der Waals surface area (Å²) in [6.07, 6.45) is 0. The highest BCUT2D eigenvalue weighted by Crippen LogP contribution is 2.15. The molecule has 2 amide bonds. The number of nitrogens with one attached hydrogen (secondary N) is 2. The molecule has 1 aromatic rings. The molecule has 25 heavy (non-hydrogen) atoms. The molecule has 1 aliphatic heterocycles. The molecule has 8 heteroatoms. The Morgan fingerprint density at radius 2 is 1.68 bits per heavy atom. The van der Waals surface area contributed by atoms with Gasteiger partial charge in [-0.15, -0.1) is 0 Å². The fourth-order valence-corrected chi connectivity index (χ4v) is 2.13.